The number of thiazole rings is 1. The summed E-state index contributed by atoms with van der Waals surface area (Å²) in [6.45, 7) is 1.93. The van der Waals surface area contributed by atoms with Crippen molar-refractivity contribution in [3.05, 3.63) is 59.1 Å². The van der Waals surface area contributed by atoms with E-state index in [1.165, 1.54) is 11.3 Å². The molecule has 134 valence electrons. The number of rotatable bonds is 6. The van der Waals surface area contributed by atoms with Gasteiger partial charge in [0.15, 0.2) is 0 Å². The minimum atomic E-state index is -0.0703. The van der Waals surface area contributed by atoms with Crippen molar-refractivity contribution >= 4 is 22.9 Å². The molecule has 26 heavy (non-hydrogen) atoms. The van der Waals surface area contributed by atoms with Crippen LogP contribution in [0.25, 0.3) is 10.6 Å². The smallest absolute Gasteiger partial charge is 0.229 e. The van der Waals surface area contributed by atoms with Crippen LogP contribution < -0.4 is 14.8 Å². The van der Waals surface area contributed by atoms with Gasteiger partial charge in [0.2, 0.25) is 5.91 Å². The standard InChI is InChI=1S/C20H20N2O3S/c1-13-18(12-19(23)22-15-7-9-16(24-2)10-8-15)26-20(21-13)14-5-4-6-17(11-14)25-3/h4-11H,12H2,1-3H3,(H,22,23). The van der Waals surface area contributed by atoms with E-state index in [2.05, 4.69) is 10.3 Å². The number of hydrogen-bond donors (Lipinski definition) is 1. The van der Waals surface area contributed by atoms with Gasteiger partial charge >= 0.3 is 0 Å². The highest BCUT2D eigenvalue weighted by Gasteiger charge is 2.13. The fourth-order valence-electron chi connectivity index (χ4n) is 2.50. The molecule has 0 saturated carbocycles. The third-order valence-corrected chi connectivity index (χ3v) is 5.11. The van der Waals surface area contributed by atoms with Gasteiger partial charge < -0.3 is 14.8 Å². The van der Waals surface area contributed by atoms with Gasteiger partial charge in [-0.1, -0.05) is 12.1 Å². The molecule has 1 aromatic heterocycles. The molecule has 5 nitrogen and oxygen atoms in total. The number of benzene rings is 2. The number of nitrogens with one attached hydrogen (secondary N) is 1. The van der Waals surface area contributed by atoms with Crippen molar-refractivity contribution in [1.29, 1.82) is 0 Å². The second kappa shape index (κ2) is 8.01. The Hall–Kier alpha value is -2.86. The monoisotopic (exact) mass is 368 g/mol. The third kappa shape index (κ3) is 4.21. The predicted octanol–water partition coefficient (Wildman–Crippen LogP) is 4.32. The first-order valence-electron chi connectivity index (χ1n) is 8.13. The maximum absolute atomic E-state index is 12.4. The molecule has 0 atom stereocenters. The van der Waals surface area contributed by atoms with E-state index in [9.17, 15) is 4.79 Å². The Morgan fingerprint density at radius 3 is 2.50 bits per heavy atom. The molecule has 0 aliphatic rings. The van der Waals surface area contributed by atoms with Gasteiger partial charge in [-0.3, -0.25) is 4.79 Å². The highest BCUT2D eigenvalue weighted by molar-refractivity contribution is 7.15. The molecule has 1 heterocycles. The van der Waals surface area contributed by atoms with Gasteiger partial charge in [-0.25, -0.2) is 4.98 Å². The molecular weight excluding hydrogens is 348 g/mol. The van der Waals surface area contributed by atoms with E-state index in [1.807, 2.05) is 55.5 Å². The van der Waals surface area contributed by atoms with Crippen LogP contribution in [0.3, 0.4) is 0 Å². The molecule has 2 aromatic carbocycles. The molecule has 0 saturated heterocycles. The summed E-state index contributed by atoms with van der Waals surface area (Å²) in [6, 6.07) is 15.0. The number of aryl methyl sites for hydroxylation is 1. The lowest BCUT2D eigenvalue weighted by Crippen LogP contribution is -2.14. The number of hydrogen-bond acceptors (Lipinski definition) is 5. The van der Waals surface area contributed by atoms with Crippen LogP contribution in [0, 0.1) is 6.92 Å². The topological polar surface area (TPSA) is 60.5 Å². The summed E-state index contributed by atoms with van der Waals surface area (Å²) in [4.78, 5) is 17.9. The maximum Gasteiger partial charge on any atom is 0.229 e. The average Bonchev–Trinajstić information content (AvgIpc) is 3.03. The van der Waals surface area contributed by atoms with Crippen molar-refractivity contribution < 1.29 is 14.3 Å². The van der Waals surface area contributed by atoms with E-state index in [1.54, 1.807) is 14.2 Å². The Bertz CT molecular complexity index is 904. The van der Waals surface area contributed by atoms with Crippen molar-refractivity contribution in [2.45, 2.75) is 13.3 Å². The molecule has 3 rings (SSSR count). The molecule has 1 amide bonds. The van der Waals surface area contributed by atoms with Gasteiger partial charge in [-0.15, -0.1) is 11.3 Å². The first kappa shape index (κ1) is 17.9. The summed E-state index contributed by atoms with van der Waals surface area (Å²) in [5.41, 5.74) is 2.60. The summed E-state index contributed by atoms with van der Waals surface area (Å²) in [6.07, 6.45) is 0.291. The number of carbonyl (C=O) groups excluding carboxylic acids is 1. The molecule has 0 radical (unpaired) electrons. The van der Waals surface area contributed by atoms with Gasteiger partial charge in [0.25, 0.3) is 0 Å². The van der Waals surface area contributed by atoms with E-state index in [4.69, 9.17) is 9.47 Å². The summed E-state index contributed by atoms with van der Waals surface area (Å²) in [5.74, 6) is 1.47. The zero-order valence-electron chi connectivity index (χ0n) is 14.9. The zero-order chi connectivity index (χ0) is 18.5. The maximum atomic E-state index is 12.4. The first-order chi connectivity index (χ1) is 12.6. The van der Waals surface area contributed by atoms with E-state index in [0.29, 0.717) is 6.42 Å². The Kier molecular flexibility index (Phi) is 5.53. The van der Waals surface area contributed by atoms with E-state index in [0.717, 1.165) is 38.3 Å². The molecule has 3 aromatic rings. The summed E-state index contributed by atoms with van der Waals surface area (Å²) >= 11 is 1.53. The van der Waals surface area contributed by atoms with E-state index >= 15 is 0 Å². The highest BCUT2D eigenvalue weighted by atomic mass is 32.1. The summed E-state index contributed by atoms with van der Waals surface area (Å²) < 4.78 is 10.4. The number of methoxy groups -OCH3 is 2. The number of ether oxygens (including phenoxy) is 2. The van der Waals surface area contributed by atoms with Gasteiger partial charge in [-0.05, 0) is 43.3 Å². The van der Waals surface area contributed by atoms with Crippen LogP contribution in [0.1, 0.15) is 10.6 Å². The van der Waals surface area contributed by atoms with Crippen molar-refractivity contribution in [2.24, 2.45) is 0 Å². The molecule has 0 fully saturated rings. The highest BCUT2D eigenvalue weighted by Crippen LogP contribution is 2.30. The van der Waals surface area contributed by atoms with Crippen molar-refractivity contribution in [1.82, 2.24) is 4.98 Å². The van der Waals surface area contributed by atoms with Crippen molar-refractivity contribution in [3.8, 4) is 22.1 Å². The zero-order valence-corrected chi connectivity index (χ0v) is 15.7. The Balaban J connectivity index is 1.71. The van der Waals surface area contributed by atoms with Crippen molar-refractivity contribution in [3.63, 3.8) is 0 Å². The fraction of sp³-hybridized carbons (Fsp3) is 0.200. The Morgan fingerprint density at radius 1 is 1.08 bits per heavy atom. The Morgan fingerprint density at radius 2 is 1.81 bits per heavy atom. The lowest BCUT2D eigenvalue weighted by Gasteiger charge is -2.05. The van der Waals surface area contributed by atoms with Crippen LogP contribution >= 0.6 is 11.3 Å². The number of anilines is 1. The van der Waals surface area contributed by atoms with Crippen LogP contribution in [0.4, 0.5) is 5.69 Å². The normalized spacial score (nSPS) is 10.4. The lowest BCUT2D eigenvalue weighted by molar-refractivity contribution is -0.115. The minimum Gasteiger partial charge on any atom is -0.497 e. The van der Waals surface area contributed by atoms with Crippen LogP contribution in [0.5, 0.6) is 11.5 Å². The van der Waals surface area contributed by atoms with Crippen molar-refractivity contribution in [2.75, 3.05) is 19.5 Å². The summed E-state index contributed by atoms with van der Waals surface area (Å²) in [7, 11) is 3.25. The second-order valence-electron chi connectivity index (χ2n) is 5.71. The van der Waals surface area contributed by atoms with Gasteiger partial charge in [0, 0.05) is 16.1 Å². The SMILES string of the molecule is COc1ccc(NC(=O)Cc2sc(-c3cccc(OC)c3)nc2C)cc1. The number of nitrogens with zero attached hydrogens (tertiary/aromatic N) is 1. The predicted molar refractivity (Wildman–Crippen MR) is 104 cm³/mol. The minimum absolute atomic E-state index is 0.0703. The number of carbonyl (C=O) groups is 1. The van der Waals surface area contributed by atoms with E-state index in [-0.39, 0.29) is 5.91 Å². The molecule has 6 heteroatoms. The average molecular weight is 368 g/mol. The van der Waals surface area contributed by atoms with Crippen LogP contribution in [0.15, 0.2) is 48.5 Å². The van der Waals surface area contributed by atoms with Gasteiger partial charge in [0.05, 0.1) is 26.3 Å². The Labute approximate surface area is 156 Å². The molecule has 0 aliphatic heterocycles. The molecule has 0 aliphatic carbocycles. The fourth-order valence-corrected chi connectivity index (χ4v) is 3.55. The number of aromatic nitrogens is 1. The molecule has 0 unspecified atom stereocenters. The van der Waals surface area contributed by atoms with Crippen LogP contribution in [-0.2, 0) is 11.2 Å². The second-order valence-corrected chi connectivity index (χ2v) is 6.80. The molecule has 0 spiro atoms. The van der Waals surface area contributed by atoms with Crippen LogP contribution in [0.2, 0.25) is 0 Å². The summed E-state index contributed by atoms with van der Waals surface area (Å²) in [5, 5.41) is 3.78. The first-order valence-corrected chi connectivity index (χ1v) is 8.95. The third-order valence-electron chi connectivity index (χ3n) is 3.90. The quantitative estimate of drug-likeness (QED) is 0.704. The molecule has 1 N–H and O–H groups in total. The number of amides is 1. The lowest BCUT2D eigenvalue weighted by atomic mass is 10.2. The van der Waals surface area contributed by atoms with E-state index < -0.39 is 0 Å². The van der Waals surface area contributed by atoms with Crippen LogP contribution in [-0.4, -0.2) is 25.1 Å². The largest absolute Gasteiger partial charge is 0.497 e. The van der Waals surface area contributed by atoms with Gasteiger partial charge in [-0.2, -0.15) is 0 Å². The molecule has 0 bridgehead atoms. The van der Waals surface area contributed by atoms with Gasteiger partial charge in [0.1, 0.15) is 16.5 Å². The molecular formula is C20H20N2O3S.